The maximum atomic E-state index is 10.9. The highest BCUT2D eigenvalue weighted by atomic mass is 35.5. The number of carbonyl (C=O) groups is 1. The summed E-state index contributed by atoms with van der Waals surface area (Å²) in [6.07, 6.45) is 2.44. The maximum Gasteiger partial charge on any atom is 0.337 e. The Morgan fingerprint density at radius 2 is 2.29 bits per heavy atom. The summed E-state index contributed by atoms with van der Waals surface area (Å²) in [5, 5.41) is 9.22. The zero-order valence-corrected chi connectivity index (χ0v) is 10.6. The summed E-state index contributed by atoms with van der Waals surface area (Å²) in [5.74, 6) is -0.296. The highest BCUT2D eigenvalue weighted by Crippen LogP contribution is 2.27. The molecule has 1 saturated heterocycles. The number of rotatable bonds is 2. The molecule has 0 spiro atoms. The summed E-state index contributed by atoms with van der Waals surface area (Å²) in [6.45, 7) is 4.27. The molecule has 0 radical (unpaired) electrons. The molecule has 1 atom stereocenters. The maximum absolute atomic E-state index is 10.9. The van der Waals surface area contributed by atoms with Gasteiger partial charge in [-0.3, -0.25) is 0 Å². The normalized spacial score (nSPS) is 20.4. The van der Waals surface area contributed by atoms with E-state index in [1.54, 1.807) is 12.1 Å². The highest BCUT2D eigenvalue weighted by molar-refractivity contribution is 6.33. The minimum atomic E-state index is -0.978. The minimum Gasteiger partial charge on any atom is -0.478 e. The molecule has 1 unspecified atom stereocenters. The van der Waals surface area contributed by atoms with E-state index in [4.69, 9.17) is 16.7 Å². The monoisotopic (exact) mass is 253 g/mol. The molecule has 3 nitrogen and oxygen atoms in total. The van der Waals surface area contributed by atoms with Crippen molar-refractivity contribution in [2.75, 3.05) is 18.0 Å². The molecular weight excluding hydrogens is 238 g/mol. The van der Waals surface area contributed by atoms with E-state index in [0.29, 0.717) is 10.9 Å². The summed E-state index contributed by atoms with van der Waals surface area (Å²) < 4.78 is 0. The number of hydrogen-bond donors (Lipinski definition) is 1. The fourth-order valence-corrected chi connectivity index (χ4v) is 2.55. The second-order valence-corrected chi connectivity index (χ2v) is 5.07. The van der Waals surface area contributed by atoms with Gasteiger partial charge in [-0.05, 0) is 37.0 Å². The molecule has 4 heteroatoms. The van der Waals surface area contributed by atoms with E-state index in [0.717, 1.165) is 18.8 Å². The van der Waals surface area contributed by atoms with Crippen molar-refractivity contribution >= 4 is 23.3 Å². The molecule has 1 fully saturated rings. The molecule has 1 aromatic rings. The molecule has 1 aromatic carbocycles. The lowest BCUT2D eigenvalue weighted by Crippen LogP contribution is -2.34. The fourth-order valence-electron chi connectivity index (χ4n) is 2.30. The van der Waals surface area contributed by atoms with Gasteiger partial charge in [0.25, 0.3) is 0 Å². The topological polar surface area (TPSA) is 40.5 Å². The van der Waals surface area contributed by atoms with Crippen molar-refractivity contribution in [3.05, 3.63) is 28.8 Å². The molecule has 0 saturated carbocycles. The van der Waals surface area contributed by atoms with E-state index in [2.05, 4.69) is 11.8 Å². The first kappa shape index (κ1) is 12.2. The van der Waals surface area contributed by atoms with Crippen molar-refractivity contribution in [3.63, 3.8) is 0 Å². The lowest BCUT2D eigenvalue weighted by Gasteiger charge is -2.33. The molecule has 1 aliphatic rings. The van der Waals surface area contributed by atoms with Crippen LogP contribution in [0.25, 0.3) is 0 Å². The molecule has 92 valence electrons. The number of carboxylic acids is 1. The van der Waals surface area contributed by atoms with Crippen LogP contribution in [0.15, 0.2) is 18.2 Å². The Morgan fingerprint density at radius 3 is 2.88 bits per heavy atom. The third kappa shape index (κ3) is 2.72. The molecule has 2 rings (SSSR count). The van der Waals surface area contributed by atoms with E-state index in [9.17, 15) is 4.79 Å². The Morgan fingerprint density at radius 1 is 1.53 bits per heavy atom. The molecule has 0 aliphatic carbocycles. The molecular formula is C13H16ClNO2. The predicted molar refractivity (Wildman–Crippen MR) is 69.0 cm³/mol. The molecule has 1 aliphatic heterocycles. The third-order valence-electron chi connectivity index (χ3n) is 3.21. The highest BCUT2D eigenvalue weighted by Gasteiger charge is 2.18. The van der Waals surface area contributed by atoms with Crippen LogP contribution in [0.3, 0.4) is 0 Å². The Bertz CT molecular complexity index is 433. The number of aromatic carboxylic acids is 1. The summed E-state index contributed by atoms with van der Waals surface area (Å²) in [6, 6.07) is 5.18. The number of piperidine rings is 1. The fraction of sp³-hybridized carbons (Fsp3) is 0.462. The minimum absolute atomic E-state index is 0.167. The lowest BCUT2D eigenvalue weighted by atomic mass is 9.99. The number of anilines is 1. The summed E-state index contributed by atoms with van der Waals surface area (Å²) in [7, 11) is 0. The quantitative estimate of drug-likeness (QED) is 0.879. The van der Waals surface area contributed by atoms with Crippen molar-refractivity contribution < 1.29 is 9.90 Å². The summed E-state index contributed by atoms with van der Waals surface area (Å²) in [5.41, 5.74) is 1.19. The molecule has 0 aromatic heterocycles. The largest absolute Gasteiger partial charge is 0.478 e. The van der Waals surface area contributed by atoms with Crippen molar-refractivity contribution in [2.45, 2.75) is 19.8 Å². The van der Waals surface area contributed by atoms with Crippen molar-refractivity contribution in [3.8, 4) is 0 Å². The summed E-state index contributed by atoms with van der Waals surface area (Å²) >= 11 is 5.97. The van der Waals surface area contributed by atoms with Crippen LogP contribution in [0.5, 0.6) is 0 Å². The van der Waals surface area contributed by atoms with Crippen LogP contribution in [-0.4, -0.2) is 24.2 Å². The third-order valence-corrected chi connectivity index (χ3v) is 3.52. The average molecular weight is 254 g/mol. The number of hydrogen-bond acceptors (Lipinski definition) is 2. The van der Waals surface area contributed by atoms with Gasteiger partial charge in [-0.15, -0.1) is 0 Å². The number of carboxylic acid groups (broad SMARTS) is 1. The predicted octanol–water partition coefficient (Wildman–Crippen LogP) is 3.27. The van der Waals surface area contributed by atoms with Gasteiger partial charge in [0.05, 0.1) is 10.6 Å². The standard InChI is InChI=1S/C13H16ClNO2/c1-9-3-2-6-15(8-9)10-4-5-11(13(16)17)12(14)7-10/h4-5,7,9H,2-3,6,8H2,1H3,(H,16,17). The van der Waals surface area contributed by atoms with Gasteiger partial charge < -0.3 is 10.0 Å². The lowest BCUT2D eigenvalue weighted by molar-refractivity contribution is 0.0697. The van der Waals surface area contributed by atoms with Gasteiger partial charge in [-0.1, -0.05) is 18.5 Å². The zero-order valence-electron chi connectivity index (χ0n) is 9.82. The first-order chi connectivity index (χ1) is 8.08. The molecule has 0 bridgehead atoms. The van der Waals surface area contributed by atoms with Crippen LogP contribution in [-0.2, 0) is 0 Å². The number of nitrogens with zero attached hydrogens (tertiary/aromatic N) is 1. The van der Waals surface area contributed by atoms with Crippen LogP contribution in [0.2, 0.25) is 5.02 Å². The molecule has 17 heavy (non-hydrogen) atoms. The molecule has 1 heterocycles. The second kappa shape index (κ2) is 4.96. The SMILES string of the molecule is CC1CCCN(c2ccc(C(=O)O)c(Cl)c2)C1. The average Bonchev–Trinajstić information content (AvgIpc) is 2.28. The van der Waals surface area contributed by atoms with Crippen LogP contribution >= 0.6 is 11.6 Å². The van der Waals surface area contributed by atoms with E-state index < -0.39 is 5.97 Å². The Kier molecular flexibility index (Phi) is 3.57. The van der Waals surface area contributed by atoms with Crippen LogP contribution in [0.4, 0.5) is 5.69 Å². The Balaban J connectivity index is 2.22. The first-order valence-electron chi connectivity index (χ1n) is 5.85. The van der Waals surface area contributed by atoms with Gasteiger partial charge in [0, 0.05) is 18.8 Å². The van der Waals surface area contributed by atoms with Crippen LogP contribution in [0.1, 0.15) is 30.1 Å². The first-order valence-corrected chi connectivity index (χ1v) is 6.23. The molecule has 0 amide bonds. The van der Waals surface area contributed by atoms with E-state index in [-0.39, 0.29) is 5.56 Å². The van der Waals surface area contributed by atoms with Gasteiger partial charge in [0.15, 0.2) is 0 Å². The van der Waals surface area contributed by atoms with Gasteiger partial charge in [0.1, 0.15) is 0 Å². The Labute approximate surface area is 106 Å². The van der Waals surface area contributed by atoms with Gasteiger partial charge in [0.2, 0.25) is 0 Å². The van der Waals surface area contributed by atoms with Gasteiger partial charge in [-0.25, -0.2) is 4.79 Å². The van der Waals surface area contributed by atoms with Gasteiger partial charge >= 0.3 is 5.97 Å². The smallest absolute Gasteiger partial charge is 0.337 e. The number of benzene rings is 1. The van der Waals surface area contributed by atoms with Gasteiger partial charge in [-0.2, -0.15) is 0 Å². The van der Waals surface area contributed by atoms with Crippen molar-refractivity contribution in [1.29, 1.82) is 0 Å². The Hall–Kier alpha value is -1.22. The van der Waals surface area contributed by atoms with Crippen molar-refractivity contribution in [2.24, 2.45) is 5.92 Å². The zero-order chi connectivity index (χ0) is 12.4. The molecule has 1 N–H and O–H groups in total. The summed E-state index contributed by atoms with van der Waals surface area (Å²) in [4.78, 5) is 13.1. The van der Waals surface area contributed by atoms with E-state index in [1.807, 2.05) is 6.07 Å². The van der Waals surface area contributed by atoms with E-state index >= 15 is 0 Å². The number of halogens is 1. The van der Waals surface area contributed by atoms with E-state index in [1.165, 1.54) is 12.8 Å². The second-order valence-electron chi connectivity index (χ2n) is 4.66. The van der Waals surface area contributed by atoms with Crippen LogP contribution in [0, 0.1) is 5.92 Å². The van der Waals surface area contributed by atoms with Crippen molar-refractivity contribution in [1.82, 2.24) is 0 Å². The van der Waals surface area contributed by atoms with Crippen LogP contribution < -0.4 is 4.90 Å².